The van der Waals surface area contributed by atoms with Crippen LogP contribution in [0.5, 0.6) is 11.5 Å². The Morgan fingerprint density at radius 1 is 1.07 bits per heavy atom. The van der Waals surface area contributed by atoms with E-state index in [0.29, 0.717) is 23.0 Å². The number of carbonyl (C=O) groups excluding carboxylic acids is 1. The summed E-state index contributed by atoms with van der Waals surface area (Å²) in [6.07, 6.45) is 3.54. The summed E-state index contributed by atoms with van der Waals surface area (Å²) in [4.78, 5) is 23.9. The quantitative estimate of drug-likeness (QED) is 0.567. The molecule has 0 saturated heterocycles. The van der Waals surface area contributed by atoms with Gasteiger partial charge in [-0.25, -0.2) is 14.8 Å². The lowest BCUT2D eigenvalue weighted by Crippen LogP contribution is -2.31. The van der Waals surface area contributed by atoms with Gasteiger partial charge in [0.15, 0.2) is 11.5 Å². The van der Waals surface area contributed by atoms with E-state index in [4.69, 9.17) is 14.2 Å². The number of methoxy groups -OCH3 is 2. The van der Waals surface area contributed by atoms with Crippen LogP contribution in [0.1, 0.15) is 36.7 Å². The fraction of sp³-hybridized carbons (Fsp3) is 0.348. The Labute approximate surface area is 175 Å². The van der Waals surface area contributed by atoms with Crippen LogP contribution in [0.4, 0.5) is 5.95 Å². The summed E-state index contributed by atoms with van der Waals surface area (Å²) in [5, 5.41) is 1.79. The third kappa shape index (κ3) is 3.20. The molecule has 156 valence electrons. The largest absolute Gasteiger partial charge is 0.493 e. The molecule has 2 aromatic carbocycles. The topological polar surface area (TPSA) is 73.8 Å². The fourth-order valence-corrected chi connectivity index (χ4v) is 3.98. The summed E-state index contributed by atoms with van der Waals surface area (Å²) in [5.41, 5.74) is 2.91. The van der Waals surface area contributed by atoms with Gasteiger partial charge in [-0.2, -0.15) is 0 Å². The van der Waals surface area contributed by atoms with E-state index in [-0.39, 0.29) is 18.6 Å². The van der Waals surface area contributed by atoms with E-state index >= 15 is 0 Å². The van der Waals surface area contributed by atoms with Crippen LogP contribution >= 0.6 is 0 Å². The molecule has 7 heteroatoms. The molecule has 3 aromatic rings. The lowest BCUT2D eigenvalue weighted by molar-refractivity contribution is 0.0535. The van der Waals surface area contributed by atoms with Crippen LogP contribution in [0, 0.1) is 0 Å². The minimum Gasteiger partial charge on any atom is -0.493 e. The van der Waals surface area contributed by atoms with E-state index in [1.54, 1.807) is 26.6 Å². The van der Waals surface area contributed by atoms with Crippen LogP contribution in [0.3, 0.4) is 0 Å². The first kappa shape index (κ1) is 19.9. The molecule has 1 aromatic heterocycles. The molecule has 0 N–H and O–H groups in total. The van der Waals surface area contributed by atoms with E-state index in [9.17, 15) is 4.79 Å². The Morgan fingerprint density at radius 2 is 1.73 bits per heavy atom. The smallest absolute Gasteiger partial charge is 0.339 e. The molecule has 0 aliphatic carbocycles. The second kappa shape index (κ2) is 7.82. The number of hydrogen-bond acceptors (Lipinski definition) is 7. The number of nitrogens with zero attached hydrogens (tertiary/aromatic N) is 3. The SMILES string of the molecule is CCN(c1ncc(-c2c3c(cc4cc(OC)c(OC)cc24)COC3=O)cn1)C(C)C. The van der Waals surface area contributed by atoms with Crippen LogP contribution in [0.2, 0.25) is 0 Å². The zero-order valence-electron chi connectivity index (χ0n) is 17.9. The first-order chi connectivity index (χ1) is 14.5. The molecule has 2 heterocycles. The summed E-state index contributed by atoms with van der Waals surface area (Å²) in [6, 6.07) is 6.05. The number of benzene rings is 2. The Morgan fingerprint density at radius 3 is 2.33 bits per heavy atom. The number of anilines is 1. The summed E-state index contributed by atoms with van der Waals surface area (Å²) in [7, 11) is 3.19. The van der Waals surface area contributed by atoms with Gasteiger partial charge >= 0.3 is 5.97 Å². The molecule has 0 amide bonds. The normalized spacial score (nSPS) is 12.8. The van der Waals surface area contributed by atoms with Crippen molar-refractivity contribution in [2.45, 2.75) is 33.4 Å². The molecule has 0 fully saturated rings. The molecule has 0 bridgehead atoms. The Hall–Kier alpha value is -3.35. The standard InChI is InChI=1S/C23H25N3O4/c1-6-26(13(2)3)23-24-10-16(11-25-23)20-17-9-19(29-5)18(28-4)8-14(17)7-15-12-30-22(27)21(15)20/h7-11,13H,6,12H2,1-5H3. The molecule has 0 radical (unpaired) electrons. The van der Waals surface area contributed by atoms with Crippen molar-refractivity contribution in [3.63, 3.8) is 0 Å². The highest BCUT2D eigenvalue weighted by Gasteiger charge is 2.28. The average molecular weight is 407 g/mol. The monoisotopic (exact) mass is 407 g/mol. The number of ether oxygens (including phenoxy) is 3. The number of hydrogen-bond donors (Lipinski definition) is 0. The number of carbonyl (C=O) groups is 1. The van der Waals surface area contributed by atoms with E-state index < -0.39 is 0 Å². The maximum Gasteiger partial charge on any atom is 0.339 e. The number of esters is 1. The van der Waals surface area contributed by atoms with Crippen molar-refractivity contribution in [3.8, 4) is 22.6 Å². The number of rotatable bonds is 6. The fourth-order valence-electron chi connectivity index (χ4n) is 3.98. The maximum atomic E-state index is 12.6. The molecular formula is C23H25N3O4. The predicted octanol–water partition coefficient (Wildman–Crippen LogP) is 4.22. The van der Waals surface area contributed by atoms with Gasteiger partial charge in [0.1, 0.15) is 6.61 Å². The average Bonchev–Trinajstić information content (AvgIpc) is 3.12. The van der Waals surface area contributed by atoms with Gasteiger partial charge in [-0.3, -0.25) is 0 Å². The van der Waals surface area contributed by atoms with Crippen LogP contribution in [0.25, 0.3) is 21.9 Å². The summed E-state index contributed by atoms with van der Waals surface area (Å²) in [6.45, 7) is 7.35. The van der Waals surface area contributed by atoms with Crippen molar-refractivity contribution < 1.29 is 19.0 Å². The van der Waals surface area contributed by atoms with Crippen molar-refractivity contribution in [2.24, 2.45) is 0 Å². The van der Waals surface area contributed by atoms with Crippen LogP contribution in [-0.2, 0) is 11.3 Å². The van der Waals surface area contributed by atoms with Gasteiger partial charge in [0.2, 0.25) is 5.95 Å². The predicted molar refractivity (Wildman–Crippen MR) is 115 cm³/mol. The van der Waals surface area contributed by atoms with Crippen LogP contribution in [0.15, 0.2) is 30.6 Å². The van der Waals surface area contributed by atoms with Gasteiger partial charge in [-0.05, 0) is 49.7 Å². The molecule has 1 aliphatic heterocycles. The van der Waals surface area contributed by atoms with Crippen molar-refractivity contribution in [1.29, 1.82) is 0 Å². The van der Waals surface area contributed by atoms with E-state index in [0.717, 1.165) is 34.0 Å². The Bertz CT molecular complexity index is 1110. The highest BCUT2D eigenvalue weighted by molar-refractivity contribution is 6.11. The molecule has 0 atom stereocenters. The van der Waals surface area contributed by atoms with Crippen molar-refractivity contribution >= 4 is 22.7 Å². The molecule has 4 rings (SSSR count). The lowest BCUT2D eigenvalue weighted by Gasteiger charge is -2.25. The third-order valence-corrected chi connectivity index (χ3v) is 5.44. The summed E-state index contributed by atoms with van der Waals surface area (Å²) < 4.78 is 16.3. The van der Waals surface area contributed by atoms with Gasteiger partial charge in [-0.15, -0.1) is 0 Å². The van der Waals surface area contributed by atoms with E-state index in [1.807, 2.05) is 18.2 Å². The summed E-state index contributed by atoms with van der Waals surface area (Å²) >= 11 is 0. The second-order valence-corrected chi connectivity index (χ2v) is 7.44. The van der Waals surface area contributed by atoms with Crippen molar-refractivity contribution in [3.05, 3.63) is 41.7 Å². The Balaban J connectivity index is 1.95. The minimum atomic E-state index is -0.335. The molecular weight excluding hydrogens is 382 g/mol. The molecule has 0 saturated carbocycles. The van der Waals surface area contributed by atoms with Gasteiger partial charge in [0.25, 0.3) is 0 Å². The lowest BCUT2D eigenvalue weighted by atomic mass is 9.91. The highest BCUT2D eigenvalue weighted by atomic mass is 16.5. The first-order valence-electron chi connectivity index (χ1n) is 9.96. The Kier molecular flexibility index (Phi) is 5.20. The molecule has 7 nitrogen and oxygen atoms in total. The third-order valence-electron chi connectivity index (χ3n) is 5.44. The van der Waals surface area contributed by atoms with Crippen molar-refractivity contribution in [2.75, 3.05) is 25.7 Å². The zero-order valence-corrected chi connectivity index (χ0v) is 17.9. The maximum absolute atomic E-state index is 12.6. The first-order valence-corrected chi connectivity index (χ1v) is 9.96. The molecule has 0 spiro atoms. The van der Waals surface area contributed by atoms with Crippen molar-refractivity contribution in [1.82, 2.24) is 9.97 Å². The van der Waals surface area contributed by atoms with Gasteiger partial charge in [0, 0.05) is 41.7 Å². The molecule has 0 unspecified atom stereocenters. The second-order valence-electron chi connectivity index (χ2n) is 7.44. The van der Waals surface area contributed by atoms with Gasteiger partial charge in [-0.1, -0.05) is 0 Å². The van der Waals surface area contributed by atoms with Crippen LogP contribution in [-0.4, -0.2) is 42.7 Å². The molecule has 30 heavy (non-hydrogen) atoms. The van der Waals surface area contributed by atoms with Gasteiger partial charge in [0.05, 0.1) is 19.8 Å². The minimum absolute atomic E-state index is 0.251. The number of aromatic nitrogens is 2. The van der Waals surface area contributed by atoms with E-state index in [2.05, 4.69) is 35.6 Å². The zero-order chi connectivity index (χ0) is 21.4. The number of cyclic esters (lactones) is 1. The summed E-state index contributed by atoms with van der Waals surface area (Å²) in [5.74, 6) is 1.54. The highest BCUT2D eigenvalue weighted by Crippen LogP contribution is 2.42. The van der Waals surface area contributed by atoms with E-state index in [1.165, 1.54) is 0 Å². The molecule has 1 aliphatic rings. The van der Waals surface area contributed by atoms with Gasteiger partial charge < -0.3 is 19.1 Å². The van der Waals surface area contributed by atoms with Crippen LogP contribution < -0.4 is 14.4 Å². The number of fused-ring (bicyclic) bond motifs is 2.